The highest BCUT2D eigenvalue weighted by Crippen LogP contribution is 2.33. The topological polar surface area (TPSA) is 46.2 Å². The van der Waals surface area contributed by atoms with Crippen molar-refractivity contribution in [3.63, 3.8) is 0 Å². The number of rotatable bonds is 2. The molecule has 0 amide bonds. The summed E-state index contributed by atoms with van der Waals surface area (Å²) in [7, 11) is 0. The van der Waals surface area contributed by atoms with Crippen LogP contribution in [-0.2, 0) is 6.18 Å². The van der Waals surface area contributed by atoms with Crippen LogP contribution in [0, 0.1) is 12.3 Å². The highest BCUT2D eigenvalue weighted by molar-refractivity contribution is 5.50. The van der Waals surface area contributed by atoms with Crippen LogP contribution in [0.25, 0.3) is 0 Å². The fourth-order valence-electron chi connectivity index (χ4n) is 1.26. The molecule has 2 nitrogen and oxygen atoms in total. The maximum absolute atomic E-state index is 12.4. The third-order valence-corrected chi connectivity index (χ3v) is 2.08. The van der Waals surface area contributed by atoms with Crippen LogP contribution in [0.5, 0.6) is 0 Å². The van der Waals surface area contributed by atoms with Gasteiger partial charge in [-0.1, -0.05) is 0 Å². The molecular formula is C11H10F3NO. The van der Waals surface area contributed by atoms with Crippen molar-refractivity contribution in [1.29, 1.82) is 0 Å². The van der Waals surface area contributed by atoms with Crippen molar-refractivity contribution in [2.75, 3.05) is 5.73 Å². The molecule has 1 unspecified atom stereocenters. The Morgan fingerprint density at radius 2 is 2.06 bits per heavy atom. The van der Waals surface area contributed by atoms with Gasteiger partial charge in [-0.05, 0) is 18.2 Å². The second-order valence-electron chi connectivity index (χ2n) is 3.27. The van der Waals surface area contributed by atoms with Gasteiger partial charge in [0.25, 0.3) is 0 Å². The van der Waals surface area contributed by atoms with E-state index in [1.54, 1.807) is 0 Å². The smallest absolute Gasteiger partial charge is 0.398 e. The molecule has 16 heavy (non-hydrogen) atoms. The first-order valence-electron chi connectivity index (χ1n) is 4.44. The van der Waals surface area contributed by atoms with Crippen LogP contribution >= 0.6 is 0 Å². The molecule has 3 N–H and O–H groups in total. The minimum atomic E-state index is -4.46. The van der Waals surface area contributed by atoms with Crippen LogP contribution in [-0.4, -0.2) is 5.11 Å². The normalized spacial score (nSPS) is 13.2. The molecule has 1 atom stereocenters. The van der Waals surface area contributed by atoms with Crippen molar-refractivity contribution in [3.05, 3.63) is 29.3 Å². The van der Waals surface area contributed by atoms with Crippen molar-refractivity contribution >= 4 is 5.69 Å². The van der Waals surface area contributed by atoms with Gasteiger partial charge in [0.1, 0.15) is 0 Å². The van der Waals surface area contributed by atoms with Gasteiger partial charge in [-0.15, -0.1) is 12.3 Å². The molecule has 1 aromatic carbocycles. The summed E-state index contributed by atoms with van der Waals surface area (Å²) in [6.45, 7) is 0. The van der Waals surface area contributed by atoms with Gasteiger partial charge < -0.3 is 10.8 Å². The summed E-state index contributed by atoms with van der Waals surface area (Å²) >= 11 is 0. The zero-order valence-electron chi connectivity index (χ0n) is 8.25. The number of hydrogen-bond donors (Lipinski definition) is 2. The highest BCUT2D eigenvalue weighted by atomic mass is 19.4. The summed E-state index contributed by atoms with van der Waals surface area (Å²) in [5.74, 6) is 2.16. The zero-order valence-corrected chi connectivity index (χ0v) is 8.25. The molecule has 0 aromatic heterocycles. The molecule has 0 radical (unpaired) electrons. The Kier molecular flexibility index (Phi) is 3.45. The summed E-state index contributed by atoms with van der Waals surface area (Å²) in [6, 6.07) is 2.79. The molecule has 0 fully saturated rings. The van der Waals surface area contributed by atoms with Crippen molar-refractivity contribution in [2.24, 2.45) is 0 Å². The highest BCUT2D eigenvalue weighted by Gasteiger charge is 2.31. The number of aliphatic hydroxyl groups excluding tert-OH is 1. The van der Waals surface area contributed by atoms with Crippen LogP contribution in [0.15, 0.2) is 18.2 Å². The largest absolute Gasteiger partial charge is 0.416 e. The van der Waals surface area contributed by atoms with Gasteiger partial charge in [-0.2, -0.15) is 13.2 Å². The molecule has 0 saturated carbocycles. The second kappa shape index (κ2) is 4.45. The number of terminal acetylenes is 1. The molecule has 5 heteroatoms. The number of halogens is 3. The lowest BCUT2D eigenvalue weighted by Gasteiger charge is -2.14. The lowest BCUT2D eigenvalue weighted by Crippen LogP contribution is -2.09. The minimum absolute atomic E-state index is 0.00720. The van der Waals surface area contributed by atoms with E-state index >= 15 is 0 Å². The van der Waals surface area contributed by atoms with Crippen molar-refractivity contribution in [1.82, 2.24) is 0 Å². The lowest BCUT2D eigenvalue weighted by molar-refractivity contribution is -0.137. The van der Waals surface area contributed by atoms with E-state index in [9.17, 15) is 18.3 Å². The van der Waals surface area contributed by atoms with E-state index in [1.165, 1.54) is 0 Å². The monoisotopic (exact) mass is 229 g/mol. The van der Waals surface area contributed by atoms with Gasteiger partial charge in [0.2, 0.25) is 0 Å². The third kappa shape index (κ3) is 2.67. The first-order valence-corrected chi connectivity index (χ1v) is 4.44. The summed E-state index contributed by atoms with van der Waals surface area (Å²) in [6.07, 6.45) is -0.744. The number of anilines is 1. The molecule has 0 heterocycles. The maximum Gasteiger partial charge on any atom is 0.416 e. The van der Waals surface area contributed by atoms with E-state index < -0.39 is 17.8 Å². The predicted octanol–water partition coefficient (Wildman–Crippen LogP) is 2.34. The summed E-state index contributed by atoms with van der Waals surface area (Å²) in [4.78, 5) is 0. The number of benzene rings is 1. The van der Waals surface area contributed by atoms with E-state index in [2.05, 4.69) is 5.92 Å². The lowest BCUT2D eigenvalue weighted by atomic mass is 10.0. The Bertz CT molecular complexity index is 420. The molecular weight excluding hydrogens is 219 g/mol. The first kappa shape index (κ1) is 12.4. The van der Waals surface area contributed by atoms with E-state index in [0.717, 1.165) is 18.2 Å². The predicted molar refractivity (Wildman–Crippen MR) is 54.3 cm³/mol. The molecule has 0 saturated heterocycles. The van der Waals surface area contributed by atoms with Crippen LogP contribution in [0.4, 0.5) is 18.9 Å². The van der Waals surface area contributed by atoms with Crippen molar-refractivity contribution in [3.8, 4) is 12.3 Å². The van der Waals surface area contributed by atoms with Crippen molar-refractivity contribution in [2.45, 2.75) is 18.7 Å². The molecule has 1 aromatic rings. The van der Waals surface area contributed by atoms with Crippen molar-refractivity contribution < 1.29 is 18.3 Å². The van der Waals surface area contributed by atoms with Crippen LogP contribution in [0.3, 0.4) is 0 Å². The Labute approximate surface area is 90.9 Å². The zero-order chi connectivity index (χ0) is 12.3. The average molecular weight is 229 g/mol. The standard InChI is InChI=1S/C11H10F3NO/c1-2-3-10(16)8-6-7(11(12,13)14)4-5-9(8)15/h1,4-6,10,16H,3,15H2. The molecule has 0 spiro atoms. The number of nitrogens with two attached hydrogens (primary N) is 1. The third-order valence-electron chi connectivity index (χ3n) is 2.08. The Morgan fingerprint density at radius 1 is 1.44 bits per heavy atom. The SMILES string of the molecule is C#CCC(O)c1cc(C(F)(F)F)ccc1N. The molecule has 0 aliphatic carbocycles. The van der Waals surface area contributed by atoms with Crippen LogP contribution in [0.2, 0.25) is 0 Å². The van der Waals surface area contributed by atoms with Gasteiger partial charge >= 0.3 is 6.18 Å². The number of aliphatic hydroxyl groups is 1. The number of nitrogen functional groups attached to an aromatic ring is 1. The van der Waals surface area contributed by atoms with E-state index in [4.69, 9.17) is 12.2 Å². The fraction of sp³-hybridized carbons (Fsp3) is 0.273. The number of alkyl halides is 3. The van der Waals surface area contributed by atoms with E-state index in [1.807, 2.05) is 0 Å². The molecule has 86 valence electrons. The average Bonchev–Trinajstić information content (AvgIpc) is 2.16. The van der Waals surface area contributed by atoms with Crippen LogP contribution < -0.4 is 5.73 Å². The molecule has 1 rings (SSSR count). The Balaban J connectivity index is 3.15. The Hall–Kier alpha value is -1.67. The van der Waals surface area contributed by atoms with Gasteiger partial charge in [-0.25, -0.2) is 0 Å². The fourth-order valence-corrected chi connectivity index (χ4v) is 1.26. The summed E-state index contributed by atoms with van der Waals surface area (Å²) in [5.41, 5.74) is 4.71. The quantitative estimate of drug-likeness (QED) is 0.604. The van der Waals surface area contributed by atoms with Crippen LogP contribution in [0.1, 0.15) is 23.7 Å². The van der Waals surface area contributed by atoms with E-state index in [-0.39, 0.29) is 17.7 Å². The number of hydrogen-bond acceptors (Lipinski definition) is 2. The van der Waals surface area contributed by atoms with E-state index in [0.29, 0.717) is 0 Å². The van der Waals surface area contributed by atoms with Gasteiger partial charge in [-0.3, -0.25) is 0 Å². The van der Waals surface area contributed by atoms with Gasteiger partial charge in [0.05, 0.1) is 11.7 Å². The maximum atomic E-state index is 12.4. The first-order chi connectivity index (χ1) is 7.36. The van der Waals surface area contributed by atoms with Gasteiger partial charge in [0.15, 0.2) is 0 Å². The Morgan fingerprint density at radius 3 is 2.56 bits per heavy atom. The summed E-state index contributed by atoms with van der Waals surface area (Å²) < 4.78 is 37.2. The summed E-state index contributed by atoms with van der Waals surface area (Å²) in [5, 5.41) is 9.50. The molecule has 0 aliphatic heterocycles. The molecule has 0 bridgehead atoms. The minimum Gasteiger partial charge on any atom is -0.398 e. The molecule has 0 aliphatic rings. The van der Waals surface area contributed by atoms with Gasteiger partial charge in [0, 0.05) is 17.7 Å². The second-order valence-corrected chi connectivity index (χ2v) is 3.27.